The zero-order valence-electron chi connectivity index (χ0n) is 19.8. The third-order valence-electron chi connectivity index (χ3n) is 5.44. The lowest BCUT2D eigenvalue weighted by Crippen LogP contribution is -2.20. The summed E-state index contributed by atoms with van der Waals surface area (Å²) in [4.78, 5) is 22.3. The summed E-state index contributed by atoms with van der Waals surface area (Å²) >= 11 is 0. The molecule has 4 aromatic rings. The first-order valence-electron chi connectivity index (χ1n) is 11.5. The number of rotatable bonds is 10. The van der Waals surface area contributed by atoms with Crippen molar-refractivity contribution in [1.29, 1.82) is 0 Å². The van der Waals surface area contributed by atoms with E-state index in [2.05, 4.69) is 15.6 Å². The fourth-order valence-corrected chi connectivity index (χ4v) is 3.77. The fraction of sp³-hybridized carbons (Fsp3) is 0.179. The van der Waals surface area contributed by atoms with Gasteiger partial charge in [-0.15, -0.1) is 0 Å². The lowest BCUT2D eigenvalue weighted by Gasteiger charge is -2.20. The molecule has 1 heterocycles. The molecule has 0 fully saturated rings. The van der Waals surface area contributed by atoms with Crippen molar-refractivity contribution in [2.24, 2.45) is 0 Å². The van der Waals surface area contributed by atoms with Crippen LogP contribution in [0, 0.1) is 0 Å². The van der Waals surface area contributed by atoms with Crippen molar-refractivity contribution in [1.82, 2.24) is 9.97 Å². The van der Waals surface area contributed by atoms with E-state index in [0.717, 1.165) is 22.5 Å². The Kier molecular flexibility index (Phi) is 7.91. The number of carbonyl (C=O) groups excluding carboxylic acids is 1. The first kappa shape index (κ1) is 23.8. The van der Waals surface area contributed by atoms with E-state index in [-0.39, 0.29) is 12.6 Å². The van der Waals surface area contributed by atoms with Gasteiger partial charge in [0.1, 0.15) is 11.6 Å². The molecule has 0 bridgehead atoms. The van der Waals surface area contributed by atoms with E-state index in [9.17, 15) is 4.79 Å². The zero-order valence-corrected chi connectivity index (χ0v) is 19.8. The standard InChI is InChI=1S/C28H28N4O3/c1-3-35-27(33)24(23-16-10-11-17-25(23)34-2)18-20-19-29-28(31-22-14-8-5-9-15-22)32-26(20)30-21-12-6-4-7-13-21/h4-17,19,24H,3,18H2,1-2H3,(H2,29,30,31,32). The minimum Gasteiger partial charge on any atom is -0.496 e. The lowest BCUT2D eigenvalue weighted by atomic mass is 9.91. The summed E-state index contributed by atoms with van der Waals surface area (Å²) in [6, 6.07) is 27.0. The van der Waals surface area contributed by atoms with E-state index in [0.29, 0.717) is 23.9 Å². The van der Waals surface area contributed by atoms with Crippen LogP contribution in [0.3, 0.4) is 0 Å². The summed E-state index contributed by atoms with van der Waals surface area (Å²) in [7, 11) is 1.59. The number of hydrogen-bond donors (Lipinski definition) is 2. The highest BCUT2D eigenvalue weighted by atomic mass is 16.5. The summed E-state index contributed by atoms with van der Waals surface area (Å²) in [5, 5.41) is 6.61. The molecule has 0 amide bonds. The number of aromatic nitrogens is 2. The zero-order chi connectivity index (χ0) is 24.5. The summed E-state index contributed by atoms with van der Waals surface area (Å²) in [5.41, 5.74) is 3.29. The number of hydrogen-bond acceptors (Lipinski definition) is 7. The SMILES string of the molecule is CCOC(=O)C(Cc1cnc(Nc2ccccc2)nc1Nc1ccccc1)c1ccccc1OC. The van der Waals surface area contributed by atoms with Crippen LogP contribution in [0.4, 0.5) is 23.1 Å². The maximum Gasteiger partial charge on any atom is 0.313 e. The topological polar surface area (TPSA) is 85.4 Å². The number of para-hydroxylation sites is 3. The summed E-state index contributed by atoms with van der Waals surface area (Å²) in [5.74, 6) is 0.775. The molecule has 0 aliphatic heterocycles. The van der Waals surface area contributed by atoms with Gasteiger partial charge in [0.2, 0.25) is 5.95 Å². The third kappa shape index (κ3) is 6.14. The van der Waals surface area contributed by atoms with Crippen molar-refractivity contribution in [3.8, 4) is 5.75 Å². The predicted octanol–water partition coefficient (Wildman–Crippen LogP) is 5.86. The van der Waals surface area contributed by atoms with Gasteiger partial charge in [-0.1, -0.05) is 54.6 Å². The van der Waals surface area contributed by atoms with Gasteiger partial charge in [0, 0.05) is 28.7 Å². The molecule has 0 saturated heterocycles. The highest BCUT2D eigenvalue weighted by molar-refractivity contribution is 5.80. The van der Waals surface area contributed by atoms with Gasteiger partial charge in [-0.05, 0) is 43.7 Å². The highest BCUT2D eigenvalue weighted by Crippen LogP contribution is 2.33. The molecular weight excluding hydrogens is 440 g/mol. The van der Waals surface area contributed by atoms with E-state index in [1.165, 1.54) is 0 Å². The van der Waals surface area contributed by atoms with Crippen LogP contribution in [0.2, 0.25) is 0 Å². The fourth-order valence-electron chi connectivity index (χ4n) is 3.77. The minimum atomic E-state index is -0.584. The molecule has 1 atom stereocenters. The van der Waals surface area contributed by atoms with Crippen molar-refractivity contribution < 1.29 is 14.3 Å². The molecule has 0 saturated carbocycles. The Balaban J connectivity index is 1.71. The third-order valence-corrected chi connectivity index (χ3v) is 5.44. The molecule has 2 N–H and O–H groups in total. The van der Waals surface area contributed by atoms with Crippen LogP contribution < -0.4 is 15.4 Å². The van der Waals surface area contributed by atoms with E-state index >= 15 is 0 Å². The maximum absolute atomic E-state index is 13.0. The van der Waals surface area contributed by atoms with Crippen molar-refractivity contribution in [2.45, 2.75) is 19.3 Å². The van der Waals surface area contributed by atoms with Crippen LogP contribution in [0.5, 0.6) is 5.75 Å². The van der Waals surface area contributed by atoms with Crippen molar-refractivity contribution in [3.63, 3.8) is 0 Å². The van der Waals surface area contributed by atoms with Gasteiger partial charge in [-0.25, -0.2) is 4.98 Å². The molecule has 7 nitrogen and oxygen atoms in total. The molecular formula is C28H28N4O3. The number of carbonyl (C=O) groups is 1. The van der Waals surface area contributed by atoms with Gasteiger partial charge in [0.05, 0.1) is 19.6 Å². The van der Waals surface area contributed by atoms with Crippen LogP contribution in [-0.4, -0.2) is 29.7 Å². The maximum atomic E-state index is 13.0. The molecule has 3 aromatic carbocycles. The summed E-state index contributed by atoms with van der Waals surface area (Å²) in [6.45, 7) is 2.09. The van der Waals surface area contributed by atoms with Crippen LogP contribution in [0.1, 0.15) is 24.0 Å². The molecule has 35 heavy (non-hydrogen) atoms. The Morgan fingerprint density at radius 3 is 2.17 bits per heavy atom. The van der Waals surface area contributed by atoms with E-state index < -0.39 is 5.92 Å². The number of ether oxygens (including phenoxy) is 2. The van der Waals surface area contributed by atoms with E-state index in [1.54, 1.807) is 20.2 Å². The molecule has 0 spiro atoms. The summed E-state index contributed by atoms with van der Waals surface area (Å²) in [6.07, 6.45) is 2.07. The van der Waals surface area contributed by atoms with Crippen LogP contribution in [0.25, 0.3) is 0 Å². The second kappa shape index (κ2) is 11.7. The van der Waals surface area contributed by atoms with E-state index in [1.807, 2.05) is 84.9 Å². The van der Waals surface area contributed by atoms with Gasteiger partial charge in [0.25, 0.3) is 0 Å². The first-order chi connectivity index (χ1) is 17.2. The van der Waals surface area contributed by atoms with Gasteiger partial charge < -0.3 is 20.1 Å². The van der Waals surface area contributed by atoms with Crippen LogP contribution >= 0.6 is 0 Å². The number of methoxy groups -OCH3 is 1. The quantitative estimate of drug-likeness (QED) is 0.282. The minimum absolute atomic E-state index is 0.288. The van der Waals surface area contributed by atoms with Crippen molar-refractivity contribution in [3.05, 3.63) is 102 Å². The normalized spacial score (nSPS) is 11.4. The molecule has 7 heteroatoms. The number of anilines is 4. The largest absolute Gasteiger partial charge is 0.496 e. The van der Waals surface area contributed by atoms with Gasteiger partial charge >= 0.3 is 5.97 Å². The number of nitrogens with one attached hydrogen (secondary N) is 2. The molecule has 4 rings (SSSR count). The lowest BCUT2D eigenvalue weighted by molar-refractivity contribution is -0.145. The Labute approximate surface area is 205 Å². The molecule has 1 unspecified atom stereocenters. The number of nitrogens with zero attached hydrogens (tertiary/aromatic N) is 2. The number of benzene rings is 3. The Bertz CT molecular complexity index is 1250. The summed E-state index contributed by atoms with van der Waals surface area (Å²) < 4.78 is 11.0. The monoisotopic (exact) mass is 468 g/mol. The molecule has 178 valence electrons. The second-order valence-electron chi connectivity index (χ2n) is 7.80. The van der Waals surface area contributed by atoms with Crippen molar-refractivity contribution >= 4 is 29.1 Å². The molecule has 0 aliphatic carbocycles. The Morgan fingerprint density at radius 2 is 1.51 bits per heavy atom. The smallest absolute Gasteiger partial charge is 0.313 e. The van der Waals surface area contributed by atoms with Crippen LogP contribution in [0.15, 0.2) is 91.1 Å². The molecule has 0 aliphatic rings. The Hall–Kier alpha value is -4.39. The van der Waals surface area contributed by atoms with Crippen LogP contribution in [-0.2, 0) is 16.0 Å². The van der Waals surface area contributed by atoms with E-state index in [4.69, 9.17) is 14.5 Å². The highest BCUT2D eigenvalue weighted by Gasteiger charge is 2.27. The first-order valence-corrected chi connectivity index (χ1v) is 11.5. The van der Waals surface area contributed by atoms with Crippen molar-refractivity contribution in [2.75, 3.05) is 24.4 Å². The van der Waals surface area contributed by atoms with Gasteiger partial charge in [0.15, 0.2) is 0 Å². The molecule has 1 aromatic heterocycles. The van der Waals surface area contributed by atoms with Gasteiger partial charge in [-0.2, -0.15) is 4.98 Å². The average molecular weight is 469 g/mol. The second-order valence-corrected chi connectivity index (χ2v) is 7.80. The molecule has 0 radical (unpaired) electrons. The Morgan fingerprint density at radius 1 is 0.886 bits per heavy atom. The number of esters is 1. The predicted molar refractivity (Wildman–Crippen MR) is 138 cm³/mol. The van der Waals surface area contributed by atoms with Gasteiger partial charge in [-0.3, -0.25) is 4.79 Å². The average Bonchev–Trinajstić information content (AvgIpc) is 2.89.